The van der Waals surface area contributed by atoms with Gasteiger partial charge in [-0.05, 0) is 51.1 Å². The number of nitrogens with one attached hydrogen (secondary N) is 1. The van der Waals surface area contributed by atoms with E-state index in [1.54, 1.807) is 4.52 Å². The summed E-state index contributed by atoms with van der Waals surface area (Å²) in [4.78, 5) is 21.1. The molecule has 0 spiro atoms. The van der Waals surface area contributed by atoms with Crippen molar-refractivity contribution < 1.29 is 4.79 Å². The van der Waals surface area contributed by atoms with Crippen LogP contribution < -0.4 is 5.32 Å². The number of fused-ring (bicyclic) bond motifs is 1. The molecule has 0 aliphatic rings. The van der Waals surface area contributed by atoms with Crippen molar-refractivity contribution in [1.82, 2.24) is 19.6 Å². The van der Waals surface area contributed by atoms with Gasteiger partial charge >= 0.3 is 0 Å². The lowest BCUT2D eigenvalue weighted by Gasteiger charge is -2.10. The van der Waals surface area contributed by atoms with Gasteiger partial charge in [-0.1, -0.05) is 27.7 Å². The van der Waals surface area contributed by atoms with Crippen LogP contribution in [0.5, 0.6) is 0 Å². The summed E-state index contributed by atoms with van der Waals surface area (Å²) >= 11 is 4.68. The van der Waals surface area contributed by atoms with E-state index in [2.05, 4.69) is 36.3 Å². The molecule has 0 aliphatic heterocycles. The minimum atomic E-state index is -0.326. The number of benzene rings is 1. The number of hydrogen-bond acceptors (Lipinski definition) is 5. The van der Waals surface area contributed by atoms with Gasteiger partial charge in [0.1, 0.15) is 0 Å². The number of hydrogen-bond donors (Lipinski definition) is 1. The summed E-state index contributed by atoms with van der Waals surface area (Å²) in [5.74, 6) is 0.456. The average Bonchev–Trinajstić information content (AvgIpc) is 2.92. The molecule has 24 heavy (non-hydrogen) atoms. The molecular weight excluding hydrogens is 390 g/mol. The molecule has 0 aliphatic carbocycles. The van der Waals surface area contributed by atoms with Crippen molar-refractivity contribution >= 4 is 45.1 Å². The summed E-state index contributed by atoms with van der Waals surface area (Å²) in [5.41, 5.74) is 2.61. The summed E-state index contributed by atoms with van der Waals surface area (Å²) in [6.07, 6.45) is 0. The van der Waals surface area contributed by atoms with E-state index in [4.69, 9.17) is 0 Å². The maximum absolute atomic E-state index is 12.3. The Hall–Kier alpha value is -1.93. The van der Waals surface area contributed by atoms with Crippen LogP contribution in [0.25, 0.3) is 5.78 Å². The smallest absolute Gasteiger partial charge is 0.253 e. The van der Waals surface area contributed by atoms with Crippen LogP contribution in [-0.4, -0.2) is 30.7 Å². The number of carbonyl (C=O) groups excluding carboxylic acids is 1. The van der Waals surface area contributed by atoms with Gasteiger partial charge in [0.05, 0.1) is 5.25 Å². The van der Waals surface area contributed by atoms with Crippen LogP contribution in [0.3, 0.4) is 0 Å². The van der Waals surface area contributed by atoms with E-state index in [0.717, 1.165) is 21.5 Å². The molecule has 0 fully saturated rings. The summed E-state index contributed by atoms with van der Waals surface area (Å²) in [6.45, 7) is 5.70. The number of halogens is 1. The Balaban J connectivity index is 1.72. The van der Waals surface area contributed by atoms with Crippen molar-refractivity contribution in [3.8, 4) is 0 Å². The second kappa shape index (κ2) is 6.90. The Morgan fingerprint density at radius 3 is 2.67 bits per heavy atom. The number of aryl methyl sites for hydroxylation is 2. The molecule has 3 rings (SSSR count). The lowest BCUT2D eigenvalue weighted by atomic mass is 10.3. The maximum Gasteiger partial charge on any atom is 0.253 e. The van der Waals surface area contributed by atoms with E-state index in [-0.39, 0.29) is 11.2 Å². The van der Waals surface area contributed by atoms with Gasteiger partial charge in [-0.3, -0.25) is 4.79 Å². The zero-order chi connectivity index (χ0) is 17.3. The second-order valence-electron chi connectivity index (χ2n) is 5.40. The van der Waals surface area contributed by atoms with E-state index < -0.39 is 0 Å². The fraction of sp³-hybridized carbons (Fsp3) is 0.250. The van der Waals surface area contributed by atoms with Crippen LogP contribution in [0, 0.1) is 13.8 Å². The highest BCUT2D eigenvalue weighted by Gasteiger charge is 2.18. The molecule has 0 saturated heterocycles. The number of rotatable bonds is 4. The van der Waals surface area contributed by atoms with E-state index >= 15 is 0 Å². The first-order valence-corrected chi connectivity index (χ1v) is 9.04. The molecule has 3 aromatic rings. The van der Waals surface area contributed by atoms with Gasteiger partial charge in [-0.15, -0.1) is 5.10 Å². The zero-order valence-corrected chi connectivity index (χ0v) is 15.8. The van der Waals surface area contributed by atoms with E-state index in [0.29, 0.717) is 10.9 Å². The van der Waals surface area contributed by atoms with Crippen molar-refractivity contribution in [3.05, 3.63) is 46.2 Å². The van der Waals surface area contributed by atoms with Crippen molar-refractivity contribution in [2.45, 2.75) is 31.2 Å². The molecule has 1 atom stereocenters. The third kappa shape index (κ3) is 3.76. The first kappa shape index (κ1) is 16.9. The Kier molecular flexibility index (Phi) is 4.86. The Morgan fingerprint density at radius 2 is 1.96 bits per heavy atom. The molecule has 1 N–H and O–H groups in total. The summed E-state index contributed by atoms with van der Waals surface area (Å²) in [5, 5.41) is 7.51. The number of aromatic nitrogens is 4. The Labute approximate surface area is 152 Å². The van der Waals surface area contributed by atoms with E-state index in [9.17, 15) is 4.79 Å². The average molecular weight is 406 g/mol. The largest absolute Gasteiger partial charge is 0.325 e. The monoisotopic (exact) mass is 405 g/mol. The third-order valence-corrected chi connectivity index (χ3v) is 4.84. The highest BCUT2D eigenvalue weighted by molar-refractivity contribution is 9.10. The number of amides is 1. The van der Waals surface area contributed by atoms with Crippen molar-refractivity contribution in [3.63, 3.8) is 0 Å². The number of nitrogens with zero attached hydrogens (tertiary/aromatic N) is 4. The predicted molar refractivity (Wildman–Crippen MR) is 98.3 cm³/mol. The van der Waals surface area contributed by atoms with Crippen molar-refractivity contribution in [2.75, 3.05) is 5.32 Å². The first-order chi connectivity index (χ1) is 11.4. The SMILES string of the molecule is Cc1cc(C)n2nc(S[C@H](C)C(=O)Nc3ccc(Br)cc3)nc2n1. The second-order valence-corrected chi connectivity index (χ2v) is 7.62. The van der Waals surface area contributed by atoms with E-state index in [1.807, 2.05) is 51.1 Å². The van der Waals surface area contributed by atoms with Crippen LogP contribution in [0.4, 0.5) is 5.69 Å². The summed E-state index contributed by atoms with van der Waals surface area (Å²) < 4.78 is 2.66. The lowest BCUT2D eigenvalue weighted by Crippen LogP contribution is -2.22. The van der Waals surface area contributed by atoms with Crippen LogP contribution >= 0.6 is 27.7 Å². The summed E-state index contributed by atoms with van der Waals surface area (Å²) in [6, 6.07) is 9.40. The Morgan fingerprint density at radius 1 is 1.25 bits per heavy atom. The van der Waals surface area contributed by atoms with Gasteiger partial charge in [-0.2, -0.15) is 4.98 Å². The minimum Gasteiger partial charge on any atom is -0.325 e. The molecule has 2 aromatic heterocycles. The lowest BCUT2D eigenvalue weighted by molar-refractivity contribution is -0.115. The zero-order valence-electron chi connectivity index (χ0n) is 13.4. The normalized spacial score (nSPS) is 12.3. The fourth-order valence-corrected chi connectivity index (χ4v) is 3.20. The molecule has 2 heterocycles. The standard InChI is InChI=1S/C16H16BrN5OS/c1-9-8-10(2)22-15(18-9)20-16(21-22)24-11(3)14(23)19-13-6-4-12(17)5-7-13/h4-8,11H,1-3H3,(H,19,23)/t11-/m1/s1. The van der Waals surface area contributed by atoms with Gasteiger partial charge in [0.25, 0.3) is 5.78 Å². The maximum atomic E-state index is 12.3. The highest BCUT2D eigenvalue weighted by Crippen LogP contribution is 2.22. The van der Waals surface area contributed by atoms with Crippen LogP contribution in [-0.2, 0) is 4.79 Å². The number of anilines is 1. The Bertz CT molecular complexity index is 893. The topological polar surface area (TPSA) is 72.2 Å². The van der Waals surface area contributed by atoms with Gasteiger partial charge < -0.3 is 5.32 Å². The molecule has 1 amide bonds. The summed E-state index contributed by atoms with van der Waals surface area (Å²) in [7, 11) is 0. The predicted octanol–water partition coefficient (Wildman–Crippen LogP) is 3.62. The van der Waals surface area contributed by atoms with Crippen molar-refractivity contribution in [2.24, 2.45) is 0 Å². The van der Waals surface area contributed by atoms with Crippen molar-refractivity contribution in [1.29, 1.82) is 0 Å². The third-order valence-electron chi connectivity index (χ3n) is 3.36. The van der Waals surface area contributed by atoms with Crippen LogP contribution in [0.15, 0.2) is 40.0 Å². The molecule has 8 heteroatoms. The van der Waals surface area contributed by atoms with Crippen LogP contribution in [0.1, 0.15) is 18.3 Å². The fourth-order valence-electron chi connectivity index (χ4n) is 2.19. The van der Waals surface area contributed by atoms with Gasteiger partial charge in [0, 0.05) is 21.5 Å². The molecule has 6 nitrogen and oxygen atoms in total. The molecular formula is C16H16BrN5OS. The first-order valence-electron chi connectivity index (χ1n) is 7.36. The van der Waals surface area contributed by atoms with Crippen LogP contribution in [0.2, 0.25) is 0 Å². The minimum absolute atomic E-state index is 0.0953. The quantitative estimate of drug-likeness (QED) is 0.670. The molecule has 124 valence electrons. The van der Waals surface area contributed by atoms with Gasteiger partial charge in [-0.25, -0.2) is 9.50 Å². The highest BCUT2D eigenvalue weighted by atomic mass is 79.9. The molecule has 0 radical (unpaired) electrons. The number of thioether (sulfide) groups is 1. The van der Waals surface area contributed by atoms with E-state index in [1.165, 1.54) is 11.8 Å². The molecule has 0 unspecified atom stereocenters. The van der Waals surface area contributed by atoms with Gasteiger partial charge in [0.15, 0.2) is 0 Å². The molecule has 1 aromatic carbocycles. The molecule has 0 saturated carbocycles. The number of carbonyl (C=O) groups is 1. The van der Waals surface area contributed by atoms with Gasteiger partial charge in [0.2, 0.25) is 11.1 Å². The molecule has 0 bridgehead atoms.